The van der Waals surface area contributed by atoms with E-state index in [0.717, 1.165) is 0 Å². The molecular formula is C15H14F2N2O4S. The minimum Gasteiger partial charge on any atom is -0.469 e. The Bertz CT molecular complexity index is 704. The first-order valence-corrected chi connectivity index (χ1v) is 7.69. The van der Waals surface area contributed by atoms with E-state index in [1.165, 1.54) is 42.7 Å². The number of esters is 1. The lowest BCUT2D eigenvalue weighted by molar-refractivity contribution is -0.139. The fourth-order valence-electron chi connectivity index (χ4n) is 1.80. The van der Waals surface area contributed by atoms with Crippen LogP contribution >= 0.6 is 11.3 Å². The number of carbonyl (C=O) groups is 2. The average Bonchev–Trinajstić information content (AvgIpc) is 2.95. The lowest BCUT2D eigenvalue weighted by Gasteiger charge is -2.06. The molecule has 1 amide bonds. The Labute approximate surface area is 140 Å². The van der Waals surface area contributed by atoms with Crippen LogP contribution in [-0.2, 0) is 27.2 Å². The van der Waals surface area contributed by atoms with Crippen molar-refractivity contribution < 1.29 is 27.8 Å². The van der Waals surface area contributed by atoms with Gasteiger partial charge in [0.05, 0.1) is 25.6 Å². The fraction of sp³-hybridized carbons (Fsp3) is 0.267. The average molecular weight is 356 g/mol. The van der Waals surface area contributed by atoms with Gasteiger partial charge >= 0.3 is 12.6 Å². The second-order valence-corrected chi connectivity index (χ2v) is 5.50. The quantitative estimate of drug-likeness (QED) is 0.772. The number of hydrogen-bond donors (Lipinski definition) is 1. The Balaban J connectivity index is 1.87. The Morgan fingerprint density at radius 3 is 2.58 bits per heavy atom. The van der Waals surface area contributed by atoms with Crippen LogP contribution in [0.25, 0.3) is 0 Å². The van der Waals surface area contributed by atoms with Crippen molar-refractivity contribution >= 4 is 28.3 Å². The molecule has 6 nitrogen and oxygen atoms in total. The van der Waals surface area contributed by atoms with Gasteiger partial charge in [-0.3, -0.25) is 9.59 Å². The van der Waals surface area contributed by atoms with Crippen LogP contribution in [0.3, 0.4) is 0 Å². The number of alkyl halides is 2. The molecule has 0 saturated carbocycles. The number of anilines is 1. The number of nitrogens with zero attached hydrogens (tertiary/aromatic N) is 1. The predicted molar refractivity (Wildman–Crippen MR) is 83.2 cm³/mol. The molecular weight excluding hydrogens is 342 g/mol. The van der Waals surface area contributed by atoms with Crippen LogP contribution in [-0.4, -0.2) is 30.6 Å². The van der Waals surface area contributed by atoms with Gasteiger partial charge in [0.1, 0.15) is 5.75 Å². The van der Waals surface area contributed by atoms with E-state index < -0.39 is 12.6 Å². The number of aromatic nitrogens is 1. The van der Waals surface area contributed by atoms with E-state index in [2.05, 4.69) is 19.8 Å². The maximum atomic E-state index is 12.1. The third-order valence-electron chi connectivity index (χ3n) is 2.86. The summed E-state index contributed by atoms with van der Waals surface area (Å²) in [6.45, 7) is -2.89. The molecule has 0 radical (unpaired) electrons. The molecule has 0 aliphatic carbocycles. The van der Waals surface area contributed by atoms with Crippen molar-refractivity contribution in [2.45, 2.75) is 19.5 Å². The van der Waals surface area contributed by atoms with E-state index in [-0.39, 0.29) is 24.5 Å². The number of halogens is 2. The molecule has 0 bridgehead atoms. The van der Waals surface area contributed by atoms with Gasteiger partial charge in [-0.2, -0.15) is 8.78 Å². The molecule has 1 N–H and O–H groups in total. The summed E-state index contributed by atoms with van der Waals surface area (Å²) in [5, 5.41) is 4.64. The zero-order chi connectivity index (χ0) is 17.5. The minimum atomic E-state index is -2.89. The van der Waals surface area contributed by atoms with Crippen LogP contribution in [0.5, 0.6) is 5.75 Å². The van der Waals surface area contributed by atoms with Gasteiger partial charge in [0.15, 0.2) is 5.13 Å². The molecule has 0 aliphatic heterocycles. The van der Waals surface area contributed by atoms with Crippen LogP contribution < -0.4 is 10.1 Å². The first-order chi connectivity index (χ1) is 11.5. The highest BCUT2D eigenvalue weighted by molar-refractivity contribution is 7.13. The van der Waals surface area contributed by atoms with E-state index >= 15 is 0 Å². The summed E-state index contributed by atoms with van der Waals surface area (Å²) >= 11 is 1.20. The normalized spacial score (nSPS) is 10.5. The second-order valence-electron chi connectivity index (χ2n) is 4.64. The molecule has 0 saturated heterocycles. The highest BCUT2D eigenvalue weighted by Gasteiger charge is 2.11. The molecule has 2 aromatic rings. The van der Waals surface area contributed by atoms with Gasteiger partial charge in [0, 0.05) is 5.38 Å². The van der Waals surface area contributed by atoms with E-state index in [4.69, 9.17) is 0 Å². The van der Waals surface area contributed by atoms with E-state index in [9.17, 15) is 18.4 Å². The van der Waals surface area contributed by atoms with E-state index in [1.807, 2.05) is 0 Å². The topological polar surface area (TPSA) is 77.5 Å². The molecule has 0 spiro atoms. The minimum absolute atomic E-state index is 0.0292. The Hall–Kier alpha value is -2.55. The van der Waals surface area contributed by atoms with Crippen LogP contribution in [0.15, 0.2) is 29.6 Å². The lowest BCUT2D eigenvalue weighted by Crippen LogP contribution is -2.14. The van der Waals surface area contributed by atoms with Gasteiger partial charge in [-0.05, 0) is 17.7 Å². The number of rotatable bonds is 7. The number of amides is 1. The summed E-state index contributed by atoms with van der Waals surface area (Å²) in [5.41, 5.74) is 1.15. The summed E-state index contributed by atoms with van der Waals surface area (Å²) < 4.78 is 32.9. The smallest absolute Gasteiger partial charge is 0.387 e. The van der Waals surface area contributed by atoms with Gasteiger partial charge in [0.25, 0.3) is 0 Å². The molecule has 0 fully saturated rings. The highest BCUT2D eigenvalue weighted by atomic mass is 32.1. The van der Waals surface area contributed by atoms with Crippen molar-refractivity contribution in [2.75, 3.05) is 12.4 Å². The first-order valence-electron chi connectivity index (χ1n) is 6.81. The van der Waals surface area contributed by atoms with E-state index in [1.54, 1.807) is 5.38 Å². The molecule has 0 unspecified atom stereocenters. The van der Waals surface area contributed by atoms with Crippen molar-refractivity contribution in [3.63, 3.8) is 0 Å². The number of ether oxygens (including phenoxy) is 2. The maximum absolute atomic E-state index is 12.1. The SMILES string of the molecule is COC(=O)Cc1csc(NC(=O)Cc2ccc(OC(F)F)cc2)n1. The monoisotopic (exact) mass is 356 g/mol. The van der Waals surface area contributed by atoms with Gasteiger partial charge in [-0.25, -0.2) is 4.98 Å². The van der Waals surface area contributed by atoms with Crippen molar-refractivity contribution in [3.05, 3.63) is 40.9 Å². The second kappa shape index (κ2) is 8.34. The molecule has 0 atom stereocenters. The van der Waals surface area contributed by atoms with Gasteiger partial charge in [-0.1, -0.05) is 12.1 Å². The van der Waals surface area contributed by atoms with Crippen LogP contribution in [0.1, 0.15) is 11.3 Å². The number of thiazole rings is 1. The third kappa shape index (κ3) is 5.58. The maximum Gasteiger partial charge on any atom is 0.387 e. The summed E-state index contributed by atoms with van der Waals surface area (Å²) in [5.74, 6) is -0.692. The van der Waals surface area contributed by atoms with Crippen molar-refractivity contribution in [3.8, 4) is 5.75 Å². The van der Waals surface area contributed by atoms with Gasteiger partial charge < -0.3 is 14.8 Å². The number of carbonyl (C=O) groups excluding carboxylic acids is 2. The summed E-state index contributed by atoms with van der Waals surface area (Å²) in [7, 11) is 1.29. The third-order valence-corrected chi connectivity index (χ3v) is 3.67. The number of methoxy groups -OCH3 is 1. The highest BCUT2D eigenvalue weighted by Crippen LogP contribution is 2.18. The Kier molecular flexibility index (Phi) is 6.19. The Morgan fingerprint density at radius 1 is 1.25 bits per heavy atom. The number of hydrogen-bond acceptors (Lipinski definition) is 6. The van der Waals surface area contributed by atoms with Crippen molar-refractivity contribution in [1.29, 1.82) is 0 Å². The molecule has 0 aliphatic rings. The zero-order valence-corrected chi connectivity index (χ0v) is 13.4. The van der Waals surface area contributed by atoms with Gasteiger partial charge in [-0.15, -0.1) is 11.3 Å². The predicted octanol–water partition coefficient (Wildman–Crippen LogP) is 2.64. The molecule has 1 heterocycles. The fourth-order valence-corrected chi connectivity index (χ4v) is 2.53. The lowest BCUT2D eigenvalue weighted by atomic mass is 10.1. The van der Waals surface area contributed by atoms with Crippen molar-refractivity contribution in [1.82, 2.24) is 4.98 Å². The Morgan fingerprint density at radius 2 is 1.96 bits per heavy atom. The molecule has 24 heavy (non-hydrogen) atoms. The zero-order valence-electron chi connectivity index (χ0n) is 12.6. The number of nitrogens with one attached hydrogen (secondary N) is 1. The molecule has 1 aromatic heterocycles. The summed E-state index contributed by atoms with van der Waals surface area (Å²) in [6.07, 6.45) is 0.0926. The van der Waals surface area contributed by atoms with Gasteiger partial charge in [0.2, 0.25) is 5.91 Å². The molecule has 2 rings (SSSR count). The number of benzene rings is 1. The largest absolute Gasteiger partial charge is 0.469 e. The standard InChI is InChI=1S/C15H14F2N2O4S/c1-22-13(21)7-10-8-24-15(18-10)19-12(20)6-9-2-4-11(5-3-9)23-14(16)17/h2-5,8,14H,6-7H2,1H3,(H,18,19,20). The van der Waals surface area contributed by atoms with Crippen LogP contribution in [0.2, 0.25) is 0 Å². The summed E-state index contributed by atoms with van der Waals surface area (Å²) in [4.78, 5) is 27.2. The van der Waals surface area contributed by atoms with Crippen LogP contribution in [0, 0.1) is 0 Å². The van der Waals surface area contributed by atoms with Crippen molar-refractivity contribution in [2.24, 2.45) is 0 Å². The first kappa shape index (κ1) is 17.8. The van der Waals surface area contributed by atoms with E-state index in [0.29, 0.717) is 16.4 Å². The summed E-state index contributed by atoms with van der Waals surface area (Å²) in [6, 6.07) is 5.79. The van der Waals surface area contributed by atoms with Crippen LogP contribution in [0.4, 0.5) is 13.9 Å². The molecule has 9 heteroatoms. The molecule has 128 valence electrons. The molecule has 1 aromatic carbocycles.